The summed E-state index contributed by atoms with van der Waals surface area (Å²) in [5, 5.41) is 2.86. The monoisotopic (exact) mass is 362 g/mol. The van der Waals surface area contributed by atoms with Crippen LogP contribution in [-0.4, -0.2) is 31.7 Å². The number of benzene rings is 1. The van der Waals surface area contributed by atoms with Crippen molar-refractivity contribution in [3.63, 3.8) is 0 Å². The summed E-state index contributed by atoms with van der Waals surface area (Å²) in [5.74, 6) is 0.499. The molecule has 1 aromatic carbocycles. The molecule has 1 aliphatic carbocycles. The molecule has 1 heterocycles. The maximum Gasteiger partial charge on any atom is 0.244 e. The van der Waals surface area contributed by atoms with Crippen LogP contribution in [-0.2, 0) is 21.4 Å². The number of carbonyl (C=O) groups excluding carboxylic acids is 1. The quantitative estimate of drug-likeness (QED) is 0.792. The highest BCUT2D eigenvalue weighted by Gasteiger charge is 2.25. The third-order valence-corrected chi connectivity index (χ3v) is 6.84. The molecule has 0 atom stereocenters. The van der Waals surface area contributed by atoms with Crippen molar-refractivity contribution < 1.29 is 13.2 Å². The molecule has 1 saturated heterocycles. The van der Waals surface area contributed by atoms with E-state index in [-0.39, 0.29) is 5.91 Å². The van der Waals surface area contributed by atoms with Crippen molar-refractivity contribution >= 4 is 15.9 Å². The minimum atomic E-state index is -3.39. The van der Waals surface area contributed by atoms with E-state index < -0.39 is 10.0 Å². The molecule has 3 rings (SSSR count). The standard InChI is InChI=1S/C19H26N2O3S/c1-15(17-7-8-17)13-19(22)20-14-16-5-9-18(10-6-16)25(23,24)21-11-3-2-4-12-21/h5-6,9-10,13,17H,2-4,7-8,11-12,14H2,1H3,(H,20,22)/b15-13-. The average Bonchev–Trinajstić information content (AvgIpc) is 3.46. The fourth-order valence-electron chi connectivity index (χ4n) is 3.14. The van der Waals surface area contributed by atoms with Crippen molar-refractivity contribution in [1.29, 1.82) is 0 Å². The van der Waals surface area contributed by atoms with Gasteiger partial charge in [0.25, 0.3) is 0 Å². The normalized spacial score (nSPS) is 19.6. The predicted octanol–water partition coefficient (Wildman–Crippen LogP) is 2.83. The van der Waals surface area contributed by atoms with E-state index in [1.54, 1.807) is 34.6 Å². The summed E-state index contributed by atoms with van der Waals surface area (Å²) >= 11 is 0. The van der Waals surface area contributed by atoms with Crippen LogP contribution in [0.2, 0.25) is 0 Å². The molecule has 0 radical (unpaired) electrons. The number of allylic oxidation sites excluding steroid dienone is 1. The van der Waals surface area contributed by atoms with Crippen LogP contribution in [0, 0.1) is 5.92 Å². The molecule has 0 spiro atoms. The molecular formula is C19H26N2O3S. The van der Waals surface area contributed by atoms with E-state index in [1.165, 1.54) is 12.8 Å². The molecule has 0 unspecified atom stereocenters. The van der Waals surface area contributed by atoms with Gasteiger partial charge in [-0.3, -0.25) is 4.79 Å². The Morgan fingerprint density at radius 1 is 1.16 bits per heavy atom. The second-order valence-corrected chi connectivity index (χ2v) is 8.93. The Morgan fingerprint density at radius 2 is 1.80 bits per heavy atom. The summed E-state index contributed by atoms with van der Waals surface area (Å²) in [6, 6.07) is 6.82. The zero-order valence-corrected chi connectivity index (χ0v) is 15.5. The first-order chi connectivity index (χ1) is 12.0. The molecule has 1 aromatic rings. The fourth-order valence-corrected chi connectivity index (χ4v) is 4.65. The summed E-state index contributed by atoms with van der Waals surface area (Å²) in [5.41, 5.74) is 2.03. The Kier molecular flexibility index (Phi) is 5.59. The molecule has 1 saturated carbocycles. The predicted molar refractivity (Wildman–Crippen MR) is 97.4 cm³/mol. The first-order valence-corrected chi connectivity index (χ1v) is 10.5. The van der Waals surface area contributed by atoms with Crippen LogP contribution >= 0.6 is 0 Å². The highest BCUT2D eigenvalue weighted by molar-refractivity contribution is 7.89. The van der Waals surface area contributed by atoms with Gasteiger partial charge in [-0.2, -0.15) is 4.31 Å². The summed E-state index contributed by atoms with van der Waals surface area (Å²) in [6.07, 6.45) is 6.99. The van der Waals surface area contributed by atoms with Gasteiger partial charge in [0.05, 0.1) is 4.90 Å². The molecule has 5 nitrogen and oxygen atoms in total. The van der Waals surface area contributed by atoms with Gasteiger partial charge < -0.3 is 5.32 Å². The molecule has 2 aliphatic rings. The molecular weight excluding hydrogens is 336 g/mol. The van der Waals surface area contributed by atoms with Crippen molar-refractivity contribution in [3.05, 3.63) is 41.5 Å². The summed E-state index contributed by atoms with van der Waals surface area (Å²) in [7, 11) is -3.39. The van der Waals surface area contributed by atoms with Gasteiger partial charge in [-0.25, -0.2) is 8.42 Å². The Hall–Kier alpha value is -1.66. The van der Waals surface area contributed by atoms with E-state index in [1.807, 2.05) is 6.92 Å². The third kappa shape index (κ3) is 4.70. The molecule has 1 aliphatic heterocycles. The van der Waals surface area contributed by atoms with Crippen LogP contribution in [0.1, 0.15) is 44.6 Å². The minimum absolute atomic E-state index is 0.0885. The van der Waals surface area contributed by atoms with E-state index in [0.717, 1.165) is 30.4 Å². The average molecular weight is 362 g/mol. The molecule has 25 heavy (non-hydrogen) atoms. The largest absolute Gasteiger partial charge is 0.348 e. The minimum Gasteiger partial charge on any atom is -0.348 e. The molecule has 136 valence electrons. The number of sulfonamides is 1. The smallest absolute Gasteiger partial charge is 0.244 e. The zero-order valence-electron chi connectivity index (χ0n) is 14.7. The molecule has 6 heteroatoms. The first kappa shape index (κ1) is 18.1. The lowest BCUT2D eigenvalue weighted by molar-refractivity contribution is -0.116. The first-order valence-electron chi connectivity index (χ1n) is 9.02. The number of nitrogens with zero attached hydrogens (tertiary/aromatic N) is 1. The van der Waals surface area contributed by atoms with Crippen LogP contribution in [0.4, 0.5) is 0 Å². The Balaban J connectivity index is 1.58. The molecule has 2 fully saturated rings. The number of nitrogens with one attached hydrogen (secondary N) is 1. The summed E-state index contributed by atoms with van der Waals surface area (Å²) < 4.78 is 26.8. The second-order valence-electron chi connectivity index (χ2n) is 6.99. The van der Waals surface area contributed by atoms with Gasteiger partial charge in [0.1, 0.15) is 0 Å². The topological polar surface area (TPSA) is 66.5 Å². The van der Waals surface area contributed by atoms with Gasteiger partial charge in [-0.15, -0.1) is 0 Å². The molecule has 0 aromatic heterocycles. The van der Waals surface area contributed by atoms with Gasteiger partial charge >= 0.3 is 0 Å². The van der Waals surface area contributed by atoms with Crippen molar-refractivity contribution in [1.82, 2.24) is 9.62 Å². The number of piperidine rings is 1. The lowest BCUT2D eigenvalue weighted by Gasteiger charge is -2.25. The van der Waals surface area contributed by atoms with Gasteiger partial charge in [0.15, 0.2) is 0 Å². The van der Waals surface area contributed by atoms with Gasteiger partial charge in [0.2, 0.25) is 15.9 Å². The lowest BCUT2D eigenvalue weighted by atomic mass is 10.2. The van der Waals surface area contributed by atoms with Crippen LogP contribution in [0.25, 0.3) is 0 Å². The van der Waals surface area contributed by atoms with E-state index >= 15 is 0 Å². The number of rotatable bonds is 6. The maximum absolute atomic E-state index is 12.6. The Morgan fingerprint density at radius 3 is 2.40 bits per heavy atom. The third-order valence-electron chi connectivity index (χ3n) is 4.92. The number of hydrogen-bond donors (Lipinski definition) is 1. The molecule has 0 bridgehead atoms. The SMILES string of the molecule is C/C(=C/C(=O)NCc1ccc(S(=O)(=O)N2CCCCC2)cc1)C1CC1. The second kappa shape index (κ2) is 7.70. The van der Waals surface area contributed by atoms with Crippen LogP contribution < -0.4 is 5.32 Å². The highest BCUT2D eigenvalue weighted by atomic mass is 32.2. The number of carbonyl (C=O) groups is 1. The fraction of sp³-hybridized carbons (Fsp3) is 0.526. The van der Waals surface area contributed by atoms with E-state index in [9.17, 15) is 13.2 Å². The van der Waals surface area contributed by atoms with Crippen molar-refractivity contribution in [2.75, 3.05) is 13.1 Å². The number of hydrogen-bond acceptors (Lipinski definition) is 3. The lowest BCUT2D eigenvalue weighted by Crippen LogP contribution is -2.35. The van der Waals surface area contributed by atoms with Crippen molar-refractivity contribution in [2.45, 2.75) is 50.5 Å². The number of amides is 1. The van der Waals surface area contributed by atoms with Gasteiger partial charge in [-0.1, -0.05) is 24.1 Å². The highest BCUT2D eigenvalue weighted by Crippen LogP contribution is 2.35. The summed E-state index contributed by atoms with van der Waals surface area (Å²) in [4.78, 5) is 12.2. The van der Waals surface area contributed by atoms with E-state index in [2.05, 4.69) is 5.32 Å². The molecule has 1 N–H and O–H groups in total. The van der Waals surface area contributed by atoms with Crippen LogP contribution in [0.5, 0.6) is 0 Å². The van der Waals surface area contributed by atoms with E-state index in [0.29, 0.717) is 30.4 Å². The van der Waals surface area contributed by atoms with Crippen LogP contribution in [0.15, 0.2) is 40.8 Å². The van der Waals surface area contributed by atoms with Gasteiger partial charge in [-0.05, 0) is 56.2 Å². The van der Waals surface area contributed by atoms with Crippen LogP contribution in [0.3, 0.4) is 0 Å². The van der Waals surface area contributed by atoms with Crippen molar-refractivity contribution in [3.8, 4) is 0 Å². The van der Waals surface area contributed by atoms with Gasteiger partial charge in [0, 0.05) is 25.7 Å². The van der Waals surface area contributed by atoms with E-state index in [4.69, 9.17) is 0 Å². The Bertz CT molecular complexity index is 743. The summed E-state index contributed by atoms with van der Waals surface area (Å²) in [6.45, 7) is 3.61. The molecule has 1 amide bonds. The van der Waals surface area contributed by atoms with Crippen molar-refractivity contribution in [2.24, 2.45) is 5.92 Å². The zero-order chi connectivity index (χ0) is 17.9. The maximum atomic E-state index is 12.6. The Labute approximate surface area is 150 Å².